The number of nitrogen functional groups attached to an aromatic ring is 2. The van der Waals surface area contributed by atoms with E-state index in [0.717, 1.165) is 0 Å². The van der Waals surface area contributed by atoms with Gasteiger partial charge in [-0.3, -0.25) is 0 Å². The quantitative estimate of drug-likeness (QED) is 0.737. The Morgan fingerprint density at radius 3 is 2.61 bits per heavy atom. The number of methoxy groups -OCH3 is 1. The summed E-state index contributed by atoms with van der Waals surface area (Å²) < 4.78 is 6.41. The molecule has 5 N–H and O–H groups in total. The molecule has 0 aliphatic rings. The van der Waals surface area contributed by atoms with Crippen molar-refractivity contribution in [1.29, 1.82) is 0 Å². The average Bonchev–Trinajstić information content (AvgIpc) is 2.64. The summed E-state index contributed by atoms with van der Waals surface area (Å²) in [5.74, 6) is -0.870. The van der Waals surface area contributed by atoms with E-state index in [1.807, 2.05) is 0 Å². The Bertz CT molecular complexity index is 606. The van der Waals surface area contributed by atoms with Crippen molar-refractivity contribution in [2.75, 3.05) is 18.6 Å². The number of carbonyl (C=O) groups is 1. The molecule has 1 heterocycles. The van der Waals surface area contributed by atoms with Crippen molar-refractivity contribution in [3.8, 4) is 11.4 Å². The van der Waals surface area contributed by atoms with Gasteiger partial charge in [-0.1, -0.05) is 12.1 Å². The lowest BCUT2D eigenvalue weighted by molar-refractivity contribution is 0.0699. The van der Waals surface area contributed by atoms with E-state index in [4.69, 9.17) is 21.3 Å². The number of rotatable bonds is 3. The lowest BCUT2D eigenvalue weighted by Crippen LogP contribution is -2.07. The molecule has 0 amide bonds. The van der Waals surface area contributed by atoms with Crippen molar-refractivity contribution in [2.45, 2.75) is 0 Å². The molecule has 0 spiro atoms. The van der Waals surface area contributed by atoms with Gasteiger partial charge in [-0.25, -0.2) is 9.48 Å². The monoisotopic (exact) mass is 248 g/mol. The van der Waals surface area contributed by atoms with E-state index < -0.39 is 5.97 Å². The van der Waals surface area contributed by atoms with Crippen LogP contribution >= 0.6 is 0 Å². The van der Waals surface area contributed by atoms with E-state index in [1.54, 1.807) is 24.3 Å². The Hall–Kier alpha value is -2.70. The summed E-state index contributed by atoms with van der Waals surface area (Å²) in [5.41, 5.74) is 11.6. The van der Waals surface area contributed by atoms with Crippen molar-refractivity contribution in [3.63, 3.8) is 0 Å². The molecule has 94 valence electrons. The third kappa shape index (κ3) is 1.71. The number of carboxylic acid groups (broad SMARTS) is 1. The summed E-state index contributed by atoms with van der Waals surface area (Å²) in [5, 5.41) is 12.9. The van der Waals surface area contributed by atoms with Crippen molar-refractivity contribution >= 4 is 17.6 Å². The zero-order valence-corrected chi connectivity index (χ0v) is 9.62. The molecular formula is C11H12N4O3. The van der Waals surface area contributed by atoms with Gasteiger partial charge < -0.3 is 21.3 Å². The first-order chi connectivity index (χ1) is 8.56. The maximum absolute atomic E-state index is 11.0. The van der Waals surface area contributed by atoms with Gasteiger partial charge in [-0.2, -0.15) is 0 Å². The average molecular weight is 248 g/mol. The zero-order chi connectivity index (χ0) is 13.3. The molecule has 2 aromatic rings. The van der Waals surface area contributed by atoms with Crippen molar-refractivity contribution in [1.82, 2.24) is 9.78 Å². The molecule has 0 unspecified atom stereocenters. The van der Waals surface area contributed by atoms with Crippen LogP contribution in [0.15, 0.2) is 24.3 Å². The van der Waals surface area contributed by atoms with Crippen LogP contribution in [0.2, 0.25) is 0 Å². The fraction of sp³-hybridized carbons (Fsp3) is 0.0909. The Morgan fingerprint density at radius 2 is 2.06 bits per heavy atom. The topological polar surface area (TPSA) is 116 Å². The van der Waals surface area contributed by atoms with Crippen LogP contribution in [0.5, 0.6) is 5.75 Å². The van der Waals surface area contributed by atoms with Gasteiger partial charge >= 0.3 is 5.97 Å². The smallest absolute Gasteiger partial charge is 0.343 e. The predicted molar refractivity (Wildman–Crippen MR) is 65.9 cm³/mol. The Morgan fingerprint density at radius 1 is 1.39 bits per heavy atom. The molecule has 0 aliphatic carbocycles. The molecule has 0 bridgehead atoms. The fourth-order valence-electron chi connectivity index (χ4n) is 1.66. The highest BCUT2D eigenvalue weighted by Gasteiger charge is 2.21. The Kier molecular flexibility index (Phi) is 2.80. The molecule has 7 nitrogen and oxygen atoms in total. The number of benzene rings is 1. The third-order valence-corrected chi connectivity index (χ3v) is 2.48. The minimum Gasteiger partial charge on any atom is -0.494 e. The second-order valence-electron chi connectivity index (χ2n) is 3.53. The molecule has 0 saturated heterocycles. The number of nitrogens with zero attached hydrogens (tertiary/aromatic N) is 2. The number of nitrogens with two attached hydrogens (primary N) is 2. The number of carboxylic acids is 1. The number of aromatic nitrogens is 2. The summed E-state index contributed by atoms with van der Waals surface area (Å²) in [6.07, 6.45) is 0. The van der Waals surface area contributed by atoms with Crippen LogP contribution in [0.3, 0.4) is 0 Å². The van der Waals surface area contributed by atoms with Crippen LogP contribution < -0.4 is 16.2 Å². The molecule has 0 saturated carbocycles. The van der Waals surface area contributed by atoms with Gasteiger partial charge in [-0.15, -0.1) is 5.10 Å². The minimum absolute atomic E-state index is 0.0375. The first-order valence-corrected chi connectivity index (χ1v) is 5.07. The van der Waals surface area contributed by atoms with E-state index in [9.17, 15) is 4.79 Å². The highest BCUT2D eigenvalue weighted by Crippen LogP contribution is 2.28. The van der Waals surface area contributed by atoms with Crippen LogP contribution in [0.4, 0.5) is 11.6 Å². The summed E-state index contributed by atoms with van der Waals surface area (Å²) in [7, 11) is 1.50. The molecule has 0 fully saturated rings. The summed E-state index contributed by atoms with van der Waals surface area (Å²) in [6.45, 7) is 0. The summed E-state index contributed by atoms with van der Waals surface area (Å²) >= 11 is 0. The largest absolute Gasteiger partial charge is 0.494 e. The summed E-state index contributed by atoms with van der Waals surface area (Å²) in [6, 6.07) is 6.96. The van der Waals surface area contributed by atoms with E-state index in [-0.39, 0.29) is 17.2 Å². The summed E-state index contributed by atoms with van der Waals surface area (Å²) in [4.78, 5) is 11.0. The second kappa shape index (κ2) is 4.28. The second-order valence-corrected chi connectivity index (χ2v) is 3.53. The predicted octanol–water partition coefficient (Wildman–Crippen LogP) is 0.744. The Balaban J connectivity index is 2.65. The molecule has 18 heavy (non-hydrogen) atoms. The number of anilines is 2. The van der Waals surface area contributed by atoms with Gasteiger partial charge in [0.05, 0.1) is 7.11 Å². The van der Waals surface area contributed by atoms with Crippen LogP contribution in [0.1, 0.15) is 10.4 Å². The van der Waals surface area contributed by atoms with Crippen LogP contribution in [-0.4, -0.2) is 28.0 Å². The molecule has 2 rings (SSSR count). The first kappa shape index (κ1) is 11.8. The lowest BCUT2D eigenvalue weighted by Gasteiger charge is -2.09. The third-order valence-electron chi connectivity index (χ3n) is 2.48. The fourth-order valence-corrected chi connectivity index (χ4v) is 1.66. The maximum atomic E-state index is 11.0. The molecule has 0 radical (unpaired) electrons. The van der Waals surface area contributed by atoms with E-state index in [2.05, 4.69) is 5.10 Å². The standard InChI is InChI=1S/C11H12N4O3/c1-18-7-5-3-2-4-6(7)15-10(13)8(11(16)17)9(12)14-15/h2-5H,13H2,1H3,(H2,12,14)(H,16,17). The lowest BCUT2D eigenvalue weighted by atomic mass is 10.2. The Labute approximate surface area is 103 Å². The van der Waals surface area contributed by atoms with Gasteiger partial charge in [-0.05, 0) is 12.1 Å². The molecule has 1 aromatic carbocycles. The number of para-hydroxylation sites is 2. The van der Waals surface area contributed by atoms with Gasteiger partial charge in [0.15, 0.2) is 5.82 Å². The number of hydrogen-bond donors (Lipinski definition) is 3. The first-order valence-electron chi connectivity index (χ1n) is 5.07. The maximum Gasteiger partial charge on any atom is 0.343 e. The van der Waals surface area contributed by atoms with Gasteiger partial charge in [0.25, 0.3) is 0 Å². The highest BCUT2D eigenvalue weighted by atomic mass is 16.5. The number of aromatic carboxylic acids is 1. The van der Waals surface area contributed by atoms with Crippen LogP contribution in [0, 0.1) is 0 Å². The molecular weight excluding hydrogens is 236 g/mol. The van der Waals surface area contributed by atoms with Crippen LogP contribution in [-0.2, 0) is 0 Å². The normalized spacial score (nSPS) is 10.3. The number of hydrogen-bond acceptors (Lipinski definition) is 5. The molecule has 0 aliphatic heterocycles. The van der Waals surface area contributed by atoms with E-state index in [1.165, 1.54) is 11.8 Å². The zero-order valence-electron chi connectivity index (χ0n) is 9.62. The van der Waals surface area contributed by atoms with E-state index >= 15 is 0 Å². The molecule has 0 atom stereocenters. The molecule has 1 aromatic heterocycles. The van der Waals surface area contributed by atoms with Gasteiger partial charge in [0, 0.05) is 0 Å². The van der Waals surface area contributed by atoms with Gasteiger partial charge in [0.1, 0.15) is 22.8 Å². The van der Waals surface area contributed by atoms with Crippen molar-refractivity contribution in [3.05, 3.63) is 29.8 Å². The van der Waals surface area contributed by atoms with Crippen LogP contribution in [0.25, 0.3) is 5.69 Å². The minimum atomic E-state index is -1.22. The van der Waals surface area contributed by atoms with E-state index in [0.29, 0.717) is 11.4 Å². The van der Waals surface area contributed by atoms with Gasteiger partial charge in [0.2, 0.25) is 0 Å². The van der Waals surface area contributed by atoms with Crippen molar-refractivity contribution in [2.24, 2.45) is 0 Å². The van der Waals surface area contributed by atoms with Crippen molar-refractivity contribution < 1.29 is 14.6 Å². The highest BCUT2D eigenvalue weighted by molar-refractivity contribution is 5.98. The SMILES string of the molecule is COc1ccccc1-n1nc(N)c(C(=O)O)c1N. The number of ether oxygens (including phenoxy) is 1. The molecule has 7 heteroatoms.